The molecule has 0 spiro atoms. The Labute approximate surface area is 127 Å². The van der Waals surface area contributed by atoms with Gasteiger partial charge in [-0.05, 0) is 44.0 Å². The maximum atomic E-state index is 13.5. The van der Waals surface area contributed by atoms with Gasteiger partial charge in [0.25, 0.3) is 0 Å². The number of carbonyl (C=O) groups is 1. The van der Waals surface area contributed by atoms with Gasteiger partial charge < -0.3 is 4.74 Å². The minimum absolute atomic E-state index is 0.236. The third-order valence-electron chi connectivity index (χ3n) is 2.89. The van der Waals surface area contributed by atoms with Crippen LogP contribution in [0.5, 0.6) is 0 Å². The molecular weight excluding hydrogens is 289 g/mol. The van der Waals surface area contributed by atoms with Crippen molar-refractivity contribution in [2.24, 2.45) is 0 Å². The van der Waals surface area contributed by atoms with Crippen LogP contribution < -0.4 is 0 Å². The molecular formula is C16H16FNO2S. The highest BCUT2D eigenvalue weighted by Crippen LogP contribution is 2.21. The highest BCUT2D eigenvalue weighted by Gasteiger charge is 2.14. The normalized spacial score (nSPS) is 11.0. The fourth-order valence-corrected chi connectivity index (χ4v) is 2.62. The molecule has 0 aliphatic rings. The first kappa shape index (κ1) is 15.4. The van der Waals surface area contributed by atoms with E-state index in [2.05, 4.69) is 4.98 Å². The molecule has 0 aliphatic heterocycles. The van der Waals surface area contributed by atoms with Gasteiger partial charge in [-0.15, -0.1) is 11.3 Å². The zero-order valence-electron chi connectivity index (χ0n) is 12.1. The number of hydrogen-bond acceptors (Lipinski definition) is 4. The van der Waals surface area contributed by atoms with Gasteiger partial charge >= 0.3 is 5.97 Å². The molecule has 0 aliphatic carbocycles. The Morgan fingerprint density at radius 3 is 2.81 bits per heavy atom. The van der Waals surface area contributed by atoms with Crippen molar-refractivity contribution in [3.05, 3.63) is 50.7 Å². The van der Waals surface area contributed by atoms with Crippen LogP contribution in [0.15, 0.2) is 18.2 Å². The minimum Gasteiger partial charge on any atom is -0.462 e. The zero-order chi connectivity index (χ0) is 15.4. The fourth-order valence-electron chi connectivity index (χ4n) is 1.75. The molecule has 2 rings (SSSR count). The van der Waals surface area contributed by atoms with Gasteiger partial charge in [0.1, 0.15) is 15.7 Å². The van der Waals surface area contributed by atoms with E-state index in [4.69, 9.17) is 4.74 Å². The molecule has 0 unspecified atom stereocenters. The quantitative estimate of drug-likeness (QED) is 0.793. The van der Waals surface area contributed by atoms with Gasteiger partial charge in [0.05, 0.1) is 12.3 Å². The maximum Gasteiger partial charge on any atom is 0.350 e. The first-order chi connectivity index (χ1) is 10.0. The molecule has 0 bridgehead atoms. The molecule has 0 radical (unpaired) electrons. The van der Waals surface area contributed by atoms with Crippen LogP contribution in [0.3, 0.4) is 0 Å². The van der Waals surface area contributed by atoms with Crippen LogP contribution in [0.4, 0.5) is 4.39 Å². The number of halogens is 1. The summed E-state index contributed by atoms with van der Waals surface area (Å²) in [6, 6.07) is 5.03. The molecule has 0 saturated carbocycles. The molecule has 1 aromatic heterocycles. The van der Waals surface area contributed by atoms with E-state index in [9.17, 15) is 9.18 Å². The van der Waals surface area contributed by atoms with Crippen molar-refractivity contribution >= 4 is 29.5 Å². The van der Waals surface area contributed by atoms with Gasteiger partial charge in [-0.1, -0.05) is 18.2 Å². The van der Waals surface area contributed by atoms with Crippen LogP contribution in [0, 0.1) is 19.7 Å². The summed E-state index contributed by atoms with van der Waals surface area (Å²) < 4.78 is 18.4. The predicted molar refractivity (Wildman–Crippen MR) is 82.9 cm³/mol. The lowest BCUT2D eigenvalue weighted by molar-refractivity contribution is 0.0531. The van der Waals surface area contributed by atoms with E-state index in [-0.39, 0.29) is 11.8 Å². The molecule has 0 fully saturated rings. The number of ether oxygens (including phenoxy) is 1. The number of benzene rings is 1. The molecule has 1 aromatic carbocycles. The number of hydrogen-bond donors (Lipinski definition) is 0. The average molecular weight is 305 g/mol. The largest absolute Gasteiger partial charge is 0.462 e. The Balaban J connectivity index is 2.19. The molecule has 21 heavy (non-hydrogen) atoms. The third kappa shape index (κ3) is 3.76. The van der Waals surface area contributed by atoms with E-state index >= 15 is 0 Å². The smallest absolute Gasteiger partial charge is 0.350 e. The molecule has 0 N–H and O–H groups in total. The SMILES string of the molecule is CCOC(=O)c1sc(/C=C/c2ccc(C)c(F)c2)nc1C. The Bertz CT molecular complexity index is 692. The van der Waals surface area contributed by atoms with E-state index in [0.717, 1.165) is 5.56 Å². The molecule has 3 nitrogen and oxygen atoms in total. The van der Waals surface area contributed by atoms with Gasteiger partial charge in [0.2, 0.25) is 0 Å². The standard InChI is InChI=1S/C16H16FNO2S/c1-4-20-16(19)15-11(3)18-14(21-15)8-7-12-6-5-10(2)13(17)9-12/h5-9H,4H2,1-3H3/b8-7+. The van der Waals surface area contributed by atoms with Gasteiger partial charge in [-0.3, -0.25) is 0 Å². The van der Waals surface area contributed by atoms with Crippen molar-refractivity contribution in [1.82, 2.24) is 4.98 Å². The van der Waals surface area contributed by atoms with Gasteiger partial charge in [-0.25, -0.2) is 14.2 Å². The monoisotopic (exact) mass is 305 g/mol. The first-order valence-corrected chi connectivity index (χ1v) is 7.41. The van der Waals surface area contributed by atoms with Crippen molar-refractivity contribution in [2.75, 3.05) is 6.61 Å². The highest BCUT2D eigenvalue weighted by molar-refractivity contribution is 7.14. The van der Waals surface area contributed by atoms with Crippen molar-refractivity contribution in [3.8, 4) is 0 Å². The van der Waals surface area contributed by atoms with Crippen LogP contribution in [0.2, 0.25) is 0 Å². The molecule has 0 amide bonds. The average Bonchev–Trinajstić information content (AvgIpc) is 2.82. The lowest BCUT2D eigenvalue weighted by Gasteiger charge is -1.97. The lowest BCUT2D eigenvalue weighted by atomic mass is 10.1. The number of carbonyl (C=O) groups excluding carboxylic acids is 1. The third-order valence-corrected chi connectivity index (χ3v) is 3.99. The van der Waals surface area contributed by atoms with Crippen LogP contribution in [-0.2, 0) is 4.74 Å². The second-order valence-electron chi connectivity index (χ2n) is 4.53. The lowest BCUT2D eigenvalue weighted by Crippen LogP contribution is -2.03. The summed E-state index contributed by atoms with van der Waals surface area (Å²) in [5, 5.41) is 0.691. The van der Waals surface area contributed by atoms with Crippen LogP contribution in [-0.4, -0.2) is 17.6 Å². The Hall–Kier alpha value is -2.01. The molecule has 110 valence electrons. The Kier molecular flexibility index (Phi) is 4.85. The number of esters is 1. The Morgan fingerprint density at radius 2 is 2.14 bits per heavy atom. The number of aryl methyl sites for hydroxylation is 2. The van der Waals surface area contributed by atoms with E-state index < -0.39 is 0 Å². The summed E-state index contributed by atoms with van der Waals surface area (Å²) in [4.78, 5) is 16.5. The van der Waals surface area contributed by atoms with E-state index in [1.54, 1.807) is 39.0 Å². The number of rotatable bonds is 4. The predicted octanol–water partition coefficient (Wildman–Crippen LogP) is 4.25. The summed E-state index contributed by atoms with van der Waals surface area (Å²) in [6.07, 6.45) is 3.54. The topological polar surface area (TPSA) is 39.2 Å². The number of nitrogens with zero attached hydrogens (tertiary/aromatic N) is 1. The van der Waals surface area contributed by atoms with Gasteiger partial charge in [-0.2, -0.15) is 0 Å². The maximum absolute atomic E-state index is 13.5. The molecule has 5 heteroatoms. The first-order valence-electron chi connectivity index (χ1n) is 6.60. The molecule has 0 atom stereocenters. The number of thiazole rings is 1. The van der Waals surface area contributed by atoms with E-state index in [1.807, 2.05) is 6.07 Å². The summed E-state index contributed by atoms with van der Waals surface area (Å²) >= 11 is 1.27. The van der Waals surface area contributed by atoms with E-state index in [0.29, 0.717) is 27.7 Å². The van der Waals surface area contributed by atoms with Crippen LogP contribution >= 0.6 is 11.3 Å². The highest BCUT2D eigenvalue weighted by atomic mass is 32.1. The second-order valence-corrected chi connectivity index (χ2v) is 5.56. The molecule has 0 saturated heterocycles. The summed E-state index contributed by atoms with van der Waals surface area (Å²) in [5.74, 6) is -0.590. The van der Waals surface area contributed by atoms with Crippen molar-refractivity contribution in [1.29, 1.82) is 0 Å². The Morgan fingerprint density at radius 1 is 1.38 bits per heavy atom. The summed E-state index contributed by atoms with van der Waals surface area (Å²) in [7, 11) is 0. The summed E-state index contributed by atoms with van der Waals surface area (Å²) in [6.45, 7) is 5.59. The van der Waals surface area contributed by atoms with E-state index in [1.165, 1.54) is 17.4 Å². The minimum atomic E-state index is -0.353. The van der Waals surface area contributed by atoms with Crippen LogP contribution in [0.25, 0.3) is 12.2 Å². The van der Waals surface area contributed by atoms with Gasteiger partial charge in [0, 0.05) is 0 Å². The van der Waals surface area contributed by atoms with Crippen LogP contribution in [0.1, 0.15) is 38.4 Å². The summed E-state index contributed by atoms with van der Waals surface area (Å²) in [5.41, 5.74) is 2.01. The van der Waals surface area contributed by atoms with Gasteiger partial charge in [0.15, 0.2) is 0 Å². The fraction of sp³-hybridized carbons (Fsp3) is 0.250. The second kappa shape index (κ2) is 6.63. The van der Waals surface area contributed by atoms with Crippen molar-refractivity contribution < 1.29 is 13.9 Å². The molecule has 2 aromatic rings. The van der Waals surface area contributed by atoms with Crippen molar-refractivity contribution in [3.63, 3.8) is 0 Å². The zero-order valence-corrected chi connectivity index (χ0v) is 13.0. The number of aromatic nitrogens is 1. The van der Waals surface area contributed by atoms with Crippen molar-refractivity contribution in [2.45, 2.75) is 20.8 Å². The molecule has 1 heterocycles.